The van der Waals surface area contributed by atoms with Crippen LogP contribution in [0.15, 0.2) is 24.3 Å². The van der Waals surface area contributed by atoms with E-state index in [9.17, 15) is 14.3 Å². The molecule has 0 aliphatic rings. The van der Waals surface area contributed by atoms with Crippen LogP contribution in [0.4, 0.5) is 0 Å². The molecular weight excluding hydrogens is 445 g/mol. The van der Waals surface area contributed by atoms with Crippen molar-refractivity contribution in [1.82, 2.24) is 5.32 Å². The number of nitrogens with one attached hydrogen (secondary N) is 1. The third-order valence-corrected chi connectivity index (χ3v) is 5.88. The van der Waals surface area contributed by atoms with Crippen molar-refractivity contribution in [2.45, 2.75) is 96.5 Å². The number of phosphoric ester groups is 1. The number of hydrogen-bond acceptors (Lipinski definition) is 6. The van der Waals surface area contributed by atoms with Crippen molar-refractivity contribution in [2.75, 3.05) is 26.4 Å². The largest absolute Gasteiger partial charge is 0.472 e. The number of rotatable bonds is 23. The molecule has 0 aliphatic heterocycles. The van der Waals surface area contributed by atoms with Gasteiger partial charge in [-0.15, -0.1) is 0 Å². The van der Waals surface area contributed by atoms with Crippen LogP contribution in [0, 0.1) is 0 Å². The normalized spacial score (nSPS) is 14.7. The van der Waals surface area contributed by atoms with Crippen molar-refractivity contribution < 1.29 is 33.5 Å². The number of phosphoric acid groups is 1. The fourth-order valence-corrected chi connectivity index (χ4v) is 3.73. The van der Waals surface area contributed by atoms with Gasteiger partial charge in [0.1, 0.15) is 6.10 Å². The Morgan fingerprint density at radius 2 is 1.58 bits per heavy atom. The minimum atomic E-state index is -4.26. The number of aliphatic hydroxyl groups is 2. The summed E-state index contributed by atoms with van der Waals surface area (Å²) in [5, 5.41) is 20.5. The number of amides is 1. The fourth-order valence-electron chi connectivity index (χ4n) is 2.94. The van der Waals surface area contributed by atoms with Gasteiger partial charge in [-0.1, -0.05) is 63.3 Å². The van der Waals surface area contributed by atoms with E-state index in [0.29, 0.717) is 19.4 Å². The average Bonchev–Trinajstić information content (AvgIpc) is 2.79. The number of allylic oxidation sites excluding steroid dienone is 4. The lowest BCUT2D eigenvalue weighted by molar-refractivity contribution is -0.121. The second kappa shape index (κ2) is 22.8. The Balaban J connectivity index is 3.47. The lowest BCUT2D eigenvalue weighted by Gasteiger charge is -2.14. The van der Waals surface area contributed by atoms with Crippen molar-refractivity contribution in [2.24, 2.45) is 0 Å². The maximum absolute atomic E-state index is 11.8. The zero-order chi connectivity index (χ0) is 24.6. The highest BCUT2D eigenvalue weighted by Gasteiger charge is 2.22. The molecule has 0 aromatic carbocycles. The molecule has 0 aromatic heterocycles. The fraction of sp³-hybridized carbons (Fsp3) is 0.792. The molecule has 2 unspecified atom stereocenters. The van der Waals surface area contributed by atoms with E-state index >= 15 is 0 Å². The van der Waals surface area contributed by atoms with Gasteiger partial charge in [-0.3, -0.25) is 13.8 Å². The third kappa shape index (κ3) is 23.9. The summed E-state index contributed by atoms with van der Waals surface area (Å²) < 4.78 is 20.8. The maximum Gasteiger partial charge on any atom is 0.472 e. The van der Waals surface area contributed by atoms with Crippen LogP contribution >= 0.6 is 7.82 Å². The van der Waals surface area contributed by atoms with Crippen LogP contribution in [0.3, 0.4) is 0 Å². The summed E-state index contributed by atoms with van der Waals surface area (Å²) in [4.78, 5) is 21.2. The van der Waals surface area contributed by atoms with E-state index in [2.05, 4.69) is 41.1 Å². The van der Waals surface area contributed by atoms with Gasteiger partial charge in [0.2, 0.25) is 5.91 Å². The summed E-state index contributed by atoms with van der Waals surface area (Å²) >= 11 is 0. The van der Waals surface area contributed by atoms with E-state index in [4.69, 9.17) is 14.7 Å². The monoisotopic (exact) mass is 491 g/mol. The van der Waals surface area contributed by atoms with Gasteiger partial charge < -0.3 is 20.4 Å². The van der Waals surface area contributed by atoms with Crippen LogP contribution in [-0.2, 0) is 18.4 Å². The predicted molar refractivity (Wildman–Crippen MR) is 132 cm³/mol. The Hall–Kier alpha value is -1.02. The SMILES string of the molecule is CCCCC/C=C/C/C=C/CCCCCCCC(=O)NCCCOP(=O)(O)OCC(O)CO. The van der Waals surface area contributed by atoms with E-state index < -0.39 is 27.1 Å². The van der Waals surface area contributed by atoms with Crippen molar-refractivity contribution in [3.63, 3.8) is 0 Å². The topological polar surface area (TPSA) is 125 Å². The van der Waals surface area contributed by atoms with Gasteiger partial charge in [0, 0.05) is 13.0 Å². The number of hydrogen-bond donors (Lipinski definition) is 4. The first-order valence-corrected chi connectivity index (χ1v) is 13.9. The lowest BCUT2D eigenvalue weighted by Crippen LogP contribution is -2.25. The highest BCUT2D eigenvalue weighted by atomic mass is 31.2. The second-order valence-corrected chi connectivity index (χ2v) is 9.57. The third-order valence-electron chi connectivity index (χ3n) is 4.89. The van der Waals surface area contributed by atoms with Crippen LogP contribution < -0.4 is 5.32 Å². The average molecular weight is 492 g/mol. The summed E-state index contributed by atoms with van der Waals surface area (Å²) in [6.07, 6.45) is 21.2. The maximum atomic E-state index is 11.8. The molecule has 8 nitrogen and oxygen atoms in total. The van der Waals surface area contributed by atoms with E-state index in [1.165, 1.54) is 38.5 Å². The molecule has 0 radical (unpaired) electrons. The molecule has 9 heteroatoms. The molecule has 0 rings (SSSR count). The molecule has 4 N–H and O–H groups in total. The molecule has 1 amide bonds. The zero-order valence-electron chi connectivity index (χ0n) is 20.3. The summed E-state index contributed by atoms with van der Waals surface area (Å²) in [7, 11) is -4.26. The summed E-state index contributed by atoms with van der Waals surface area (Å²) in [6, 6.07) is 0. The van der Waals surface area contributed by atoms with Crippen molar-refractivity contribution in [1.29, 1.82) is 0 Å². The van der Waals surface area contributed by atoms with E-state index in [1.807, 2.05) is 0 Å². The van der Waals surface area contributed by atoms with E-state index in [1.54, 1.807) is 0 Å². The molecule has 0 fully saturated rings. The number of carbonyl (C=O) groups is 1. The van der Waals surface area contributed by atoms with Crippen molar-refractivity contribution in [3.05, 3.63) is 24.3 Å². The molecular formula is C24H46NO7P. The van der Waals surface area contributed by atoms with E-state index in [0.717, 1.165) is 32.1 Å². The highest BCUT2D eigenvalue weighted by molar-refractivity contribution is 7.47. The number of unbranched alkanes of at least 4 members (excludes halogenated alkanes) is 8. The van der Waals surface area contributed by atoms with E-state index in [-0.39, 0.29) is 12.5 Å². The summed E-state index contributed by atoms with van der Waals surface area (Å²) in [5.41, 5.74) is 0. The Morgan fingerprint density at radius 1 is 0.939 bits per heavy atom. The van der Waals surface area contributed by atoms with Crippen LogP contribution in [0.1, 0.15) is 90.4 Å². The van der Waals surface area contributed by atoms with Gasteiger partial charge in [-0.2, -0.15) is 0 Å². The molecule has 0 aliphatic carbocycles. The molecule has 0 saturated carbocycles. The predicted octanol–water partition coefficient (Wildman–Crippen LogP) is 4.79. The standard InChI is InChI=1S/C24H46NO7P/c1-2-3-4-5-6-7-8-9-10-11-12-13-14-15-16-18-24(28)25-19-17-20-31-33(29,30)32-22-23(27)21-26/h6-7,9-10,23,26-27H,2-5,8,11-22H2,1H3,(H,25,28)(H,29,30)/b7-6+,10-9+. The van der Waals surface area contributed by atoms with Gasteiger partial charge in [0.15, 0.2) is 0 Å². The smallest absolute Gasteiger partial charge is 0.394 e. The first-order chi connectivity index (χ1) is 15.9. The Kier molecular flexibility index (Phi) is 22.1. The molecule has 0 heterocycles. The molecule has 0 spiro atoms. The number of carbonyl (C=O) groups excluding carboxylic acids is 1. The molecule has 0 saturated heterocycles. The quantitative estimate of drug-likeness (QED) is 0.0919. The Morgan fingerprint density at radius 3 is 2.24 bits per heavy atom. The Bertz CT molecular complexity index is 569. The van der Waals surface area contributed by atoms with Gasteiger partial charge in [-0.05, 0) is 44.9 Å². The first kappa shape index (κ1) is 32.0. The van der Waals surface area contributed by atoms with Crippen LogP contribution in [0.25, 0.3) is 0 Å². The van der Waals surface area contributed by atoms with Gasteiger partial charge in [0.05, 0.1) is 19.8 Å². The molecule has 0 aromatic rings. The van der Waals surface area contributed by atoms with Crippen LogP contribution in [-0.4, -0.2) is 53.5 Å². The second-order valence-electron chi connectivity index (χ2n) is 8.12. The summed E-state index contributed by atoms with van der Waals surface area (Å²) in [6.45, 7) is 1.45. The Labute approximate surface area is 200 Å². The van der Waals surface area contributed by atoms with Gasteiger partial charge >= 0.3 is 7.82 Å². The van der Waals surface area contributed by atoms with Crippen LogP contribution in [0.2, 0.25) is 0 Å². The molecule has 194 valence electrons. The zero-order valence-corrected chi connectivity index (χ0v) is 21.2. The van der Waals surface area contributed by atoms with Crippen molar-refractivity contribution in [3.8, 4) is 0 Å². The molecule has 2 atom stereocenters. The minimum absolute atomic E-state index is 0.0322. The first-order valence-electron chi connectivity index (χ1n) is 12.4. The van der Waals surface area contributed by atoms with Gasteiger partial charge in [-0.25, -0.2) is 4.57 Å². The molecule has 0 bridgehead atoms. The minimum Gasteiger partial charge on any atom is -0.394 e. The lowest BCUT2D eigenvalue weighted by atomic mass is 10.1. The van der Waals surface area contributed by atoms with Gasteiger partial charge in [0.25, 0.3) is 0 Å². The molecule has 33 heavy (non-hydrogen) atoms. The van der Waals surface area contributed by atoms with Crippen molar-refractivity contribution >= 4 is 13.7 Å². The van der Waals surface area contributed by atoms with Crippen LogP contribution in [0.5, 0.6) is 0 Å². The summed E-state index contributed by atoms with van der Waals surface area (Å²) in [5.74, 6) is -0.0322. The number of aliphatic hydroxyl groups excluding tert-OH is 2. The highest BCUT2D eigenvalue weighted by Crippen LogP contribution is 2.43.